The first kappa shape index (κ1) is 27.9. The molecule has 0 saturated heterocycles. The summed E-state index contributed by atoms with van der Waals surface area (Å²) in [4.78, 5) is 0. The molecule has 0 saturated carbocycles. The maximum Gasteiger partial charge on any atom is 0.330 e. The van der Waals surface area contributed by atoms with E-state index in [0.29, 0.717) is 71.9 Å². The molecule has 9 nitrogen and oxygen atoms in total. The van der Waals surface area contributed by atoms with Crippen molar-refractivity contribution < 1.29 is 27.8 Å². The summed E-state index contributed by atoms with van der Waals surface area (Å²) in [7, 11) is -1.65. The summed E-state index contributed by atoms with van der Waals surface area (Å²) in [6.45, 7) is 5.69. The third-order valence-corrected chi connectivity index (χ3v) is 5.99. The molecule has 1 atom stereocenters. The zero-order valence-corrected chi connectivity index (χ0v) is 18.6. The fourth-order valence-electron chi connectivity index (χ4n) is 2.50. The summed E-state index contributed by atoms with van der Waals surface area (Å²) < 4.78 is 41.5. The zero-order valence-electron chi connectivity index (χ0n) is 17.7. The minimum absolute atomic E-state index is 0.127. The molecule has 0 aromatic rings. The number of nitrogens with two attached hydrogens (primary N) is 3. The normalized spacial score (nSPS) is 14.3. The summed E-state index contributed by atoms with van der Waals surface area (Å²) in [5.41, 5.74) is 16.0. The van der Waals surface area contributed by atoms with Gasteiger partial charge in [-0.05, 0) is 25.8 Å². The number of hydrogen-bond acceptors (Lipinski definition) is 9. The van der Waals surface area contributed by atoms with Crippen LogP contribution in [0.2, 0.25) is 0 Å². The van der Waals surface area contributed by atoms with Crippen molar-refractivity contribution in [1.82, 2.24) is 0 Å². The van der Waals surface area contributed by atoms with E-state index in [2.05, 4.69) is 6.92 Å². The van der Waals surface area contributed by atoms with Crippen molar-refractivity contribution in [2.45, 2.75) is 32.6 Å². The smallest absolute Gasteiger partial charge is 0.330 e. The molecule has 170 valence electrons. The molecule has 1 unspecified atom stereocenters. The Balaban J connectivity index is 5.11. The lowest BCUT2D eigenvalue weighted by atomic mass is 9.92. The molecule has 0 aliphatic rings. The third-order valence-electron chi connectivity index (χ3n) is 4.03. The molecular weight excluding hydrogens is 385 g/mol. The first-order valence-electron chi connectivity index (χ1n) is 10.1. The maximum atomic E-state index is 13.2. The summed E-state index contributed by atoms with van der Waals surface area (Å²) in [5.74, 6) is 0. The average molecular weight is 428 g/mol. The Morgan fingerprint density at radius 3 is 1.93 bits per heavy atom. The second kappa shape index (κ2) is 17.7. The van der Waals surface area contributed by atoms with E-state index >= 15 is 0 Å². The molecule has 0 aliphatic carbocycles. The van der Waals surface area contributed by atoms with E-state index in [1.54, 1.807) is 7.11 Å². The second-order valence-electron chi connectivity index (χ2n) is 6.91. The molecule has 0 heterocycles. The first-order valence-corrected chi connectivity index (χ1v) is 11.9. The molecule has 0 bridgehead atoms. The van der Waals surface area contributed by atoms with Crippen molar-refractivity contribution in [2.24, 2.45) is 22.6 Å². The molecule has 0 aliphatic heterocycles. The molecule has 0 amide bonds. The molecule has 0 rings (SSSR count). The van der Waals surface area contributed by atoms with E-state index in [1.807, 2.05) is 0 Å². The Hall–Kier alpha value is -0.0900. The Labute approximate surface area is 170 Å². The largest absolute Gasteiger partial charge is 0.384 e. The van der Waals surface area contributed by atoms with Crippen molar-refractivity contribution in [1.29, 1.82) is 0 Å². The van der Waals surface area contributed by atoms with Crippen LogP contribution in [0, 0.1) is 5.41 Å². The fourth-order valence-corrected chi connectivity index (χ4v) is 4.32. The topological polar surface area (TPSA) is 141 Å². The van der Waals surface area contributed by atoms with E-state index in [-0.39, 0.29) is 6.61 Å². The van der Waals surface area contributed by atoms with E-state index in [4.69, 9.17) is 40.5 Å². The van der Waals surface area contributed by atoms with Gasteiger partial charge in [-0.1, -0.05) is 13.3 Å². The minimum Gasteiger partial charge on any atom is -0.384 e. The maximum absolute atomic E-state index is 13.2. The highest BCUT2D eigenvalue weighted by Gasteiger charge is 2.36. The van der Waals surface area contributed by atoms with Gasteiger partial charge in [0.15, 0.2) is 0 Å². The van der Waals surface area contributed by atoms with E-state index in [0.717, 1.165) is 19.3 Å². The number of ether oxygens (including phenoxy) is 3. The lowest BCUT2D eigenvalue weighted by Crippen LogP contribution is -2.42. The Morgan fingerprint density at radius 1 is 0.786 bits per heavy atom. The summed E-state index contributed by atoms with van der Waals surface area (Å²) in [5, 5.41) is 0. The Kier molecular flexibility index (Phi) is 17.7. The summed E-state index contributed by atoms with van der Waals surface area (Å²) >= 11 is 0. The molecule has 0 fully saturated rings. The van der Waals surface area contributed by atoms with Crippen molar-refractivity contribution in [3.8, 4) is 0 Å². The summed E-state index contributed by atoms with van der Waals surface area (Å²) in [6.07, 6.45) is 3.57. The van der Waals surface area contributed by atoms with Gasteiger partial charge in [-0.15, -0.1) is 0 Å². The lowest BCUT2D eigenvalue weighted by molar-refractivity contribution is -0.0799. The Bertz CT molecular complexity index is 380. The quantitative estimate of drug-likeness (QED) is 0.183. The van der Waals surface area contributed by atoms with Crippen molar-refractivity contribution >= 4 is 7.60 Å². The van der Waals surface area contributed by atoms with Gasteiger partial charge in [0.1, 0.15) is 0 Å². The number of rotatable bonds is 21. The average Bonchev–Trinajstić information content (AvgIpc) is 2.68. The predicted octanol–water partition coefficient (Wildman–Crippen LogP) is 1.34. The van der Waals surface area contributed by atoms with Gasteiger partial charge in [0, 0.05) is 20.2 Å². The van der Waals surface area contributed by atoms with Crippen molar-refractivity contribution in [3.05, 3.63) is 0 Å². The van der Waals surface area contributed by atoms with Crippen LogP contribution < -0.4 is 17.2 Å². The van der Waals surface area contributed by atoms with Gasteiger partial charge in [0.05, 0.1) is 57.8 Å². The molecule has 6 N–H and O–H groups in total. The molecular formula is C18H42N3O6P. The molecule has 0 radical (unpaired) electrons. The van der Waals surface area contributed by atoms with Crippen molar-refractivity contribution in [3.63, 3.8) is 0 Å². The highest BCUT2D eigenvalue weighted by atomic mass is 31.2. The van der Waals surface area contributed by atoms with Crippen LogP contribution in [0.4, 0.5) is 0 Å². The van der Waals surface area contributed by atoms with Gasteiger partial charge in [-0.25, -0.2) is 0 Å². The number of unbranched alkanes of at least 4 members (excludes halogenated alkanes) is 2. The van der Waals surface area contributed by atoms with E-state index in [9.17, 15) is 4.57 Å². The van der Waals surface area contributed by atoms with Crippen LogP contribution in [0.25, 0.3) is 0 Å². The van der Waals surface area contributed by atoms with Gasteiger partial charge in [0.2, 0.25) is 0 Å². The standard InChI is InChI=1S/C18H42N3O6P/c1-3-4-10-26-28(22,13-6-5-7-19)27-17-18(14-23-2,15-24-11-8-20)16-25-12-9-21/h3-17,19-21H2,1-2H3. The highest BCUT2D eigenvalue weighted by Crippen LogP contribution is 2.50. The van der Waals surface area contributed by atoms with Gasteiger partial charge in [-0.2, -0.15) is 0 Å². The van der Waals surface area contributed by atoms with Crippen LogP contribution in [0.15, 0.2) is 0 Å². The lowest BCUT2D eigenvalue weighted by Gasteiger charge is -2.33. The zero-order chi connectivity index (χ0) is 21.1. The predicted molar refractivity (Wildman–Crippen MR) is 112 cm³/mol. The highest BCUT2D eigenvalue weighted by molar-refractivity contribution is 7.53. The van der Waals surface area contributed by atoms with Crippen LogP contribution in [-0.2, 0) is 27.8 Å². The second-order valence-corrected chi connectivity index (χ2v) is 9.09. The molecule has 28 heavy (non-hydrogen) atoms. The van der Waals surface area contributed by atoms with Crippen LogP contribution in [0.3, 0.4) is 0 Å². The van der Waals surface area contributed by atoms with Crippen LogP contribution >= 0.6 is 7.60 Å². The van der Waals surface area contributed by atoms with Crippen LogP contribution in [-0.4, -0.2) is 79.2 Å². The molecule has 0 aromatic carbocycles. The number of hydrogen-bond donors (Lipinski definition) is 3. The van der Waals surface area contributed by atoms with Gasteiger partial charge in [-0.3, -0.25) is 4.57 Å². The van der Waals surface area contributed by atoms with Crippen molar-refractivity contribution in [2.75, 3.05) is 79.2 Å². The summed E-state index contributed by atoms with van der Waals surface area (Å²) in [6, 6.07) is 0. The van der Waals surface area contributed by atoms with Gasteiger partial charge >= 0.3 is 7.60 Å². The SMILES string of the molecule is CCCCOP(=O)(CCCCN)OCC(COC)(COCCN)COCCN. The Morgan fingerprint density at radius 2 is 1.43 bits per heavy atom. The van der Waals surface area contributed by atoms with E-state index in [1.165, 1.54) is 0 Å². The number of methoxy groups -OCH3 is 1. The first-order chi connectivity index (χ1) is 13.5. The molecule has 0 aromatic heterocycles. The molecule has 10 heteroatoms. The third kappa shape index (κ3) is 13.2. The molecule has 0 spiro atoms. The van der Waals surface area contributed by atoms with E-state index < -0.39 is 13.0 Å². The monoisotopic (exact) mass is 427 g/mol. The minimum atomic E-state index is -3.25. The fraction of sp³-hybridized carbons (Fsp3) is 1.00. The van der Waals surface area contributed by atoms with Gasteiger partial charge in [0.25, 0.3) is 0 Å². The van der Waals surface area contributed by atoms with Gasteiger partial charge < -0.3 is 40.5 Å². The van der Waals surface area contributed by atoms with Crippen LogP contribution in [0.5, 0.6) is 0 Å². The van der Waals surface area contributed by atoms with Crippen LogP contribution in [0.1, 0.15) is 32.6 Å².